The lowest BCUT2D eigenvalue weighted by atomic mass is 10.1. The van der Waals surface area contributed by atoms with Crippen LogP contribution in [-0.4, -0.2) is 15.5 Å². The maximum absolute atomic E-state index is 11.8. The molecule has 2 rings (SSSR count). The molecule has 1 atom stereocenters. The molecule has 1 unspecified atom stereocenters. The normalized spacial score (nSPS) is 22.6. The molecule has 1 aromatic carbocycles. The fourth-order valence-electron chi connectivity index (χ4n) is 1.62. The first-order valence-electron chi connectivity index (χ1n) is 4.61. The second-order valence-corrected chi connectivity index (χ2v) is 5.47. The van der Waals surface area contributed by atoms with Crippen molar-refractivity contribution in [3.63, 3.8) is 0 Å². The van der Waals surface area contributed by atoms with Crippen LogP contribution in [0.2, 0.25) is 5.02 Å². The predicted octanol–water partition coefficient (Wildman–Crippen LogP) is 1.21. The third-order valence-electron chi connectivity index (χ3n) is 2.46. The van der Waals surface area contributed by atoms with Gasteiger partial charge in [-0.2, -0.15) is 0 Å². The van der Waals surface area contributed by atoms with Crippen LogP contribution in [0.1, 0.15) is 18.5 Å². The molecule has 1 aliphatic rings. The van der Waals surface area contributed by atoms with E-state index in [0.717, 1.165) is 0 Å². The number of nitrogens with one attached hydrogen (secondary N) is 2. The molecule has 16 heavy (non-hydrogen) atoms. The van der Waals surface area contributed by atoms with Gasteiger partial charge in [0.1, 0.15) is 15.7 Å². The Morgan fingerprint density at radius 2 is 2.12 bits per heavy atom. The van der Waals surface area contributed by atoms with Gasteiger partial charge in [-0.05, 0) is 18.6 Å². The number of methoxy groups -OCH3 is 1. The fourth-order valence-corrected chi connectivity index (χ4v) is 3.50. The zero-order chi connectivity index (χ0) is 11.9. The van der Waals surface area contributed by atoms with Crippen LogP contribution in [0.15, 0.2) is 17.0 Å². The maximum Gasteiger partial charge on any atom is 0.255 e. The standard InChI is InChI=1S/C9H11ClN2O3S/c1-5-6-3-4-7(15-2)8(10)9(6)16(13,14)12-11-5/h3-5,11-12H,1-2H3. The van der Waals surface area contributed by atoms with Crippen molar-refractivity contribution in [2.75, 3.05) is 7.11 Å². The minimum absolute atomic E-state index is 0.0831. The van der Waals surface area contributed by atoms with Gasteiger partial charge < -0.3 is 4.74 Å². The number of hydrazine groups is 1. The lowest BCUT2D eigenvalue weighted by Crippen LogP contribution is -2.44. The highest BCUT2D eigenvalue weighted by Gasteiger charge is 2.31. The predicted molar refractivity (Wildman–Crippen MR) is 59.9 cm³/mol. The summed E-state index contributed by atoms with van der Waals surface area (Å²) in [4.78, 5) is 2.32. The number of benzene rings is 1. The van der Waals surface area contributed by atoms with Gasteiger partial charge in [0.15, 0.2) is 0 Å². The molecule has 5 nitrogen and oxygen atoms in total. The van der Waals surface area contributed by atoms with E-state index in [0.29, 0.717) is 11.3 Å². The van der Waals surface area contributed by atoms with E-state index in [1.807, 2.05) is 6.92 Å². The van der Waals surface area contributed by atoms with Gasteiger partial charge in [0.2, 0.25) is 0 Å². The fraction of sp³-hybridized carbons (Fsp3) is 0.333. The van der Waals surface area contributed by atoms with Gasteiger partial charge in [0.05, 0.1) is 7.11 Å². The number of hydrogen-bond acceptors (Lipinski definition) is 4. The van der Waals surface area contributed by atoms with Gasteiger partial charge in [-0.15, -0.1) is 4.83 Å². The van der Waals surface area contributed by atoms with E-state index >= 15 is 0 Å². The molecule has 0 saturated carbocycles. The molecule has 0 spiro atoms. The average molecular weight is 263 g/mol. The summed E-state index contributed by atoms with van der Waals surface area (Å²) >= 11 is 6.00. The molecule has 1 heterocycles. The summed E-state index contributed by atoms with van der Waals surface area (Å²) < 4.78 is 28.6. The Kier molecular flexibility index (Phi) is 2.83. The molecule has 0 bridgehead atoms. The van der Waals surface area contributed by atoms with E-state index in [-0.39, 0.29) is 16.0 Å². The lowest BCUT2D eigenvalue weighted by Gasteiger charge is -2.25. The zero-order valence-electron chi connectivity index (χ0n) is 8.74. The van der Waals surface area contributed by atoms with Crippen LogP contribution in [0.4, 0.5) is 0 Å². The van der Waals surface area contributed by atoms with E-state index < -0.39 is 10.0 Å². The molecule has 0 fully saturated rings. The van der Waals surface area contributed by atoms with Crippen LogP contribution in [0.3, 0.4) is 0 Å². The van der Waals surface area contributed by atoms with Gasteiger partial charge in [0, 0.05) is 6.04 Å². The number of hydrogen-bond donors (Lipinski definition) is 2. The van der Waals surface area contributed by atoms with Crippen LogP contribution in [0, 0.1) is 0 Å². The van der Waals surface area contributed by atoms with E-state index in [2.05, 4.69) is 10.3 Å². The molecular weight excluding hydrogens is 252 g/mol. The van der Waals surface area contributed by atoms with Crippen LogP contribution in [-0.2, 0) is 10.0 Å². The van der Waals surface area contributed by atoms with E-state index in [4.69, 9.17) is 16.3 Å². The van der Waals surface area contributed by atoms with Gasteiger partial charge in [-0.1, -0.05) is 17.7 Å². The van der Waals surface area contributed by atoms with Crippen LogP contribution < -0.4 is 15.0 Å². The summed E-state index contributed by atoms with van der Waals surface area (Å²) in [5.74, 6) is 0.347. The van der Waals surface area contributed by atoms with E-state index in [1.165, 1.54) is 7.11 Å². The first-order valence-corrected chi connectivity index (χ1v) is 6.47. The largest absolute Gasteiger partial charge is 0.495 e. The van der Waals surface area contributed by atoms with E-state index in [1.54, 1.807) is 12.1 Å². The van der Waals surface area contributed by atoms with Gasteiger partial charge in [-0.25, -0.2) is 13.8 Å². The van der Waals surface area contributed by atoms with Crippen LogP contribution in [0.25, 0.3) is 0 Å². The summed E-state index contributed by atoms with van der Waals surface area (Å²) in [5, 5.41) is 0.112. The summed E-state index contributed by atoms with van der Waals surface area (Å²) in [6.07, 6.45) is 0. The molecule has 0 amide bonds. The first kappa shape index (κ1) is 11.7. The lowest BCUT2D eigenvalue weighted by molar-refractivity contribution is 0.411. The zero-order valence-corrected chi connectivity index (χ0v) is 10.3. The quantitative estimate of drug-likeness (QED) is 0.798. The molecule has 1 aromatic rings. The second-order valence-electron chi connectivity index (χ2n) is 3.47. The smallest absolute Gasteiger partial charge is 0.255 e. The molecule has 1 aliphatic heterocycles. The molecule has 0 radical (unpaired) electrons. The molecular formula is C9H11ClN2O3S. The van der Waals surface area contributed by atoms with Gasteiger partial charge in [0.25, 0.3) is 10.0 Å². The molecule has 0 aliphatic carbocycles. The molecule has 88 valence electrons. The summed E-state index contributed by atoms with van der Waals surface area (Å²) in [5.41, 5.74) is 3.28. The Balaban J connectivity index is 2.76. The summed E-state index contributed by atoms with van der Waals surface area (Å²) in [6.45, 7) is 1.84. The van der Waals surface area contributed by atoms with Crippen molar-refractivity contribution in [2.24, 2.45) is 0 Å². The van der Waals surface area contributed by atoms with Crippen molar-refractivity contribution in [1.29, 1.82) is 0 Å². The van der Waals surface area contributed by atoms with Crippen molar-refractivity contribution < 1.29 is 13.2 Å². The Bertz CT molecular complexity index is 530. The molecule has 7 heteroatoms. The Morgan fingerprint density at radius 3 is 2.75 bits per heavy atom. The Labute approximate surface area is 98.8 Å². The minimum Gasteiger partial charge on any atom is -0.495 e. The average Bonchev–Trinajstić information content (AvgIpc) is 2.24. The first-order chi connectivity index (χ1) is 7.47. The molecule has 2 N–H and O–H groups in total. The number of ether oxygens (including phenoxy) is 1. The maximum atomic E-state index is 11.8. The van der Waals surface area contributed by atoms with E-state index in [9.17, 15) is 8.42 Å². The van der Waals surface area contributed by atoms with Crippen molar-refractivity contribution in [3.05, 3.63) is 22.7 Å². The van der Waals surface area contributed by atoms with Crippen LogP contribution >= 0.6 is 11.6 Å². The topological polar surface area (TPSA) is 67.4 Å². The minimum atomic E-state index is -3.61. The van der Waals surface area contributed by atoms with Gasteiger partial charge >= 0.3 is 0 Å². The van der Waals surface area contributed by atoms with Crippen molar-refractivity contribution in [3.8, 4) is 5.75 Å². The van der Waals surface area contributed by atoms with Crippen molar-refractivity contribution >= 4 is 21.6 Å². The summed E-state index contributed by atoms with van der Waals surface area (Å²) in [6, 6.07) is 3.21. The third-order valence-corrected chi connectivity index (χ3v) is 4.31. The van der Waals surface area contributed by atoms with Crippen LogP contribution in [0.5, 0.6) is 5.75 Å². The highest BCUT2D eigenvalue weighted by Crippen LogP contribution is 2.37. The number of sulfonamides is 1. The molecule has 0 saturated heterocycles. The number of halogens is 1. The molecule has 0 aromatic heterocycles. The number of fused-ring (bicyclic) bond motifs is 1. The second kappa shape index (κ2) is 3.89. The Morgan fingerprint density at radius 1 is 1.44 bits per heavy atom. The monoisotopic (exact) mass is 262 g/mol. The SMILES string of the molecule is COc1ccc2c(c1Cl)S(=O)(=O)NNC2C. The summed E-state index contributed by atoms with van der Waals surface area (Å²) in [7, 11) is -2.17. The number of rotatable bonds is 1. The van der Waals surface area contributed by atoms with Crippen molar-refractivity contribution in [1.82, 2.24) is 10.3 Å². The Hall–Kier alpha value is -0.820. The van der Waals surface area contributed by atoms with Gasteiger partial charge in [-0.3, -0.25) is 0 Å². The highest BCUT2D eigenvalue weighted by molar-refractivity contribution is 7.89. The highest BCUT2D eigenvalue weighted by atomic mass is 35.5. The van der Waals surface area contributed by atoms with Crippen molar-refractivity contribution in [2.45, 2.75) is 17.9 Å². The third kappa shape index (κ3) is 1.67.